The lowest BCUT2D eigenvalue weighted by Gasteiger charge is -2.21. The van der Waals surface area contributed by atoms with Crippen LogP contribution in [0.25, 0.3) is 0 Å². The zero-order valence-electron chi connectivity index (χ0n) is 22.5. The van der Waals surface area contributed by atoms with Gasteiger partial charge in [-0.25, -0.2) is 13.2 Å². The van der Waals surface area contributed by atoms with Gasteiger partial charge in [0.1, 0.15) is 17.2 Å². The number of carbonyl (C=O) groups is 2. The van der Waals surface area contributed by atoms with E-state index in [2.05, 4.69) is 9.84 Å². The van der Waals surface area contributed by atoms with Crippen LogP contribution < -0.4 is 9.47 Å². The summed E-state index contributed by atoms with van der Waals surface area (Å²) in [6.07, 6.45) is 0.378. The third-order valence-corrected chi connectivity index (χ3v) is 7.53. The minimum absolute atomic E-state index is 0.0193. The molecule has 0 saturated heterocycles. The highest BCUT2D eigenvalue weighted by molar-refractivity contribution is 7.89. The third-order valence-electron chi connectivity index (χ3n) is 5.86. The van der Waals surface area contributed by atoms with Crippen LogP contribution in [0.3, 0.4) is 0 Å². The molecule has 0 saturated carbocycles. The number of carbonyl (C=O) groups excluding carboxylic acids is 2. The molecule has 11 nitrogen and oxygen atoms in total. The van der Waals surface area contributed by atoms with Crippen LogP contribution in [0.15, 0.2) is 59.6 Å². The van der Waals surface area contributed by atoms with Gasteiger partial charge in [-0.15, -0.1) is 0 Å². The maximum Gasteiger partial charge on any atom is 0.356 e. The molecule has 0 spiro atoms. The smallest absolute Gasteiger partial charge is 0.356 e. The third kappa shape index (κ3) is 7.80. The molecule has 0 fully saturated rings. The summed E-state index contributed by atoms with van der Waals surface area (Å²) < 4.78 is 50.6. The van der Waals surface area contributed by atoms with E-state index in [4.69, 9.17) is 14.2 Å². The molecule has 210 valence electrons. The number of ether oxygens (including phenoxy) is 4. The first-order valence-electron chi connectivity index (χ1n) is 12.3. The van der Waals surface area contributed by atoms with Crippen LogP contribution in [0, 0.1) is 0 Å². The molecular formula is C27H33N3O8S. The average molecular weight is 560 g/mol. The first-order chi connectivity index (χ1) is 18.7. The Morgan fingerprint density at radius 3 is 1.90 bits per heavy atom. The number of hydrogen-bond donors (Lipinski definition) is 0. The fourth-order valence-corrected chi connectivity index (χ4v) is 5.13. The standard InChI is InChI=1S/C27H33N3O8S/c1-5-38-27(32)24-17-25(28-30(24)16-6-7-26(31)37-4)39(33,34)29(18-20-8-12-22(35-2)13-9-20)19-21-10-14-23(36-3)15-11-21/h8-15,17H,5-7,16,18-19H2,1-4H3. The van der Waals surface area contributed by atoms with Crippen LogP contribution in [0.2, 0.25) is 0 Å². The van der Waals surface area contributed by atoms with Gasteiger partial charge in [-0.05, 0) is 48.7 Å². The van der Waals surface area contributed by atoms with Crippen molar-refractivity contribution >= 4 is 22.0 Å². The Bertz CT molecular complexity index is 1300. The Kier molecular flexibility index (Phi) is 10.5. The second-order valence-corrected chi connectivity index (χ2v) is 10.3. The van der Waals surface area contributed by atoms with Gasteiger partial charge >= 0.3 is 11.9 Å². The number of rotatable bonds is 14. The van der Waals surface area contributed by atoms with E-state index in [1.54, 1.807) is 69.7 Å². The molecule has 2 aromatic carbocycles. The summed E-state index contributed by atoms with van der Waals surface area (Å²) in [6.45, 7) is 1.97. The fraction of sp³-hybridized carbons (Fsp3) is 0.370. The molecule has 0 radical (unpaired) electrons. The van der Waals surface area contributed by atoms with E-state index >= 15 is 0 Å². The van der Waals surface area contributed by atoms with Gasteiger partial charge in [-0.2, -0.15) is 9.40 Å². The Morgan fingerprint density at radius 2 is 1.44 bits per heavy atom. The maximum absolute atomic E-state index is 13.9. The quantitative estimate of drug-likeness (QED) is 0.273. The Balaban J connectivity index is 1.98. The molecule has 1 aromatic heterocycles. The summed E-state index contributed by atoms with van der Waals surface area (Å²) in [4.78, 5) is 24.2. The van der Waals surface area contributed by atoms with E-state index in [0.717, 1.165) is 11.1 Å². The molecule has 0 unspecified atom stereocenters. The van der Waals surface area contributed by atoms with Gasteiger partial charge in [-0.3, -0.25) is 9.48 Å². The van der Waals surface area contributed by atoms with Crippen LogP contribution >= 0.6 is 0 Å². The molecular weight excluding hydrogens is 526 g/mol. The molecule has 1 heterocycles. The van der Waals surface area contributed by atoms with Crippen molar-refractivity contribution < 1.29 is 37.0 Å². The fourth-order valence-electron chi connectivity index (χ4n) is 3.76. The van der Waals surface area contributed by atoms with Gasteiger partial charge < -0.3 is 18.9 Å². The molecule has 12 heteroatoms. The van der Waals surface area contributed by atoms with Crippen molar-refractivity contribution in [2.75, 3.05) is 27.9 Å². The van der Waals surface area contributed by atoms with Crippen LogP contribution in [0.1, 0.15) is 41.4 Å². The van der Waals surface area contributed by atoms with E-state index < -0.39 is 22.0 Å². The van der Waals surface area contributed by atoms with Crippen molar-refractivity contribution in [3.05, 3.63) is 71.4 Å². The molecule has 0 amide bonds. The Morgan fingerprint density at radius 1 is 0.897 bits per heavy atom. The normalized spacial score (nSPS) is 11.3. The van der Waals surface area contributed by atoms with E-state index in [-0.39, 0.29) is 43.4 Å². The molecule has 3 rings (SSSR count). The minimum Gasteiger partial charge on any atom is -0.497 e. The number of methoxy groups -OCH3 is 3. The van der Waals surface area contributed by atoms with Gasteiger partial charge in [0.25, 0.3) is 10.0 Å². The Hall–Kier alpha value is -3.90. The highest BCUT2D eigenvalue weighted by atomic mass is 32.2. The molecule has 0 aliphatic rings. The summed E-state index contributed by atoms with van der Waals surface area (Å²) in [5.41, 5.74) is 1.45. The molecule has 0 aliphatic heterocycles. The molecule has 0 aliphatic carbocycles. The highest BCUT2D eigenvalue weighted by Crippen LogP contribution is 2.24. The first kappa shape index (κ1) is 29.7. The van der Waals surface area contributed by atoms with Crippen molar-refractivity contribution in [3.63, 3.8) is 0 Å². The second-order valence-electron chi connectivity index (χ2n) is 8.46. The van der Waals surface area contributed by atoms with Gasteiger partial charge in [0.15, 0.2) is 5.03 Å². The van der Waals surface area contributed by atoms with Crippen LogP contribution in [-0.2, 0) is 43.9 Å². The molecule has 0 atom stereocenters. The van der Waals surface area contributed by atoms with Crippen LogP contribution in [-0.4, -0.2) is 62.4 Å². The van der Waals surface area contributed by atoms with Gasteiger partial charge in [-0.1, -0.05) is 24.3 Å². The van der Waals surface area contributed by atoms with Crippen molar-refractivity contribution in [1.29, 1.82) is 0 Å². The number of aryl methyl sites for hydroxylation is 1. The lowest BCUT2D eigenvalue weighted by Crippen LogP contribution is -2.30. The Labute approximate surface area is 228 Å². The second kappa shape index (κ2) is 13.8. The van der Waals surface area contributed by atoms with Crippen molar-refractivity contribution in [2.45, 2.75) is 44.4 Å². The monoisotopic (exact) mass is 559 g/mol. The van der Waals surface area contributed by atoms with E-state index in [9.17, 15) is 18.0 Å². The topological polar surface area (TPSA) is 126 Å². The maximum atomic E-state index is 13.9. The average Bonchev–Trinajstić information content (AvgIpc) is 3.38. The first-order valence-corrected chi connectivity index (χ1v) is 13.7. The van der Waals surface area contributed by atoms with Gasteiger partial charge in [0.05, 0.1) is 27.9 Å². The number of esters is 2. The molecule has 3 aromatic rings. The number of aromatic nitrogens is 2. The van der Waals surface area contributed by atoms with Gasteiger partial charge in [0, 0.05) is 32.1 Å². The number of hydrogen-bond acceptors (Lipinski definition) is 9. The summed E-state index contributed by atoms with van der Waals surface area (Å²) >= 11 is 0. The van der Waals surface area contributed by atoms with E-state index in [1.807, 2.05) is 0 Å². The molecule has 0 bridgehead atoms. The minimum atomic E-state index is -4.19. The van der Waals surface area contributed by atoms with E-state index in [0.29, 0.717) is 17.9 Å². The number of nitrogens with zero attached hydrogens (tertiary/aromatic N) is 3. The van der Waals surface area contributed by atoms with Gasteiger partial charge in [0.2, 0.25) is 0 Å². The lowest BCUT2D eigenvalue weighted by atomic mass is 10.2. The molecule has 0 N–H and O–H groups in total. The predicted molar refractivity (Wildman–Crippen MR) is 142 cm³/mol. The summed E-state index contributed by atoms with van der Waals surface area (Å²) in [7, 11) is 0.205. The predicted octanol–water partition coefficient (Wildman–Crippen LogP) is 3.42. The van der Waals surface area contributed by atoms with Crippen LogP contribution in [0.5, 0.6) is 11.5 Å². The van der Waals surface area contributed by atoms with Crippen molar-refractivity contribution in [1.82, 2.24) is 14.1 Å². The van der Waals surface area contributed by atoms with Crippen molar-refractivity contribution in [3.8, 4) is 11.5 Å². The molecule has 39 heavy (non-hydrogen) atoms. The zero-order valence-corrected chi connectivity index (χ0v) is 23.3. The van der Waals surface area contributed by atoms with Crippen LogP contribution in [0.4, 0.5) is 0 Å². The zero-order chi connectivity index (χ0) is 28.4. The largest absolute Gasteiger partial charge is 0.497 e. The lowest BCUT2D eigenvalue weighted by molar-refractivity contribution is -0.140. The SMILES string of the molecule is CCOC(=O)c1cc(S(=O)(=O)N(Cc2ccc(OC)cc2)Cc2ccc(OC)cc2)nn1CCCC(=O)OC. The van der Waals surface area contributed by atoms with Crippen molar-refractivity contribution in [2.24, 2.45) is 0 Å². The summed E-state index contributed by atoms with van der Waals surface area (Å²) in [5.74, 6) is 0.167. The number of sulfonamides is 1. The highest BCUT2D eigenvalue weighted by Gasteiger charge is 2.30. The van der Waals surface area contributed by atoms with E-state index in [1.165, 1.54) is 22.2 Å². The summed E-state index contributed by atoms with van der Waals surface area (Å²) in [6, 6.07) is 15.3. The number of benzene rings is 2. The summed E-state index contributed by atoms with van der Waals surface area (Å²) in [5, 5.41) is 3.96.